The fraction of sp³-hybridized carbons (Fsp3) is 0. The number of hydrogen-bond acceptors (Lipinski definition) is 5. The van der Waals surface area contributed by atoms with Gasteiger partial charge >= 0.3 is 8.60 Å². The Balaban J connectivity index is 1.94. The van der Waals surface area contributed by atoms with Crippen molar-refractivity contribution in [3.63, 3.8) is 0 Å². The highest BCUT2D eigenvalue weighted by atomic mass is 32.1. The first kappa shape index (κ1) is 13.6. The van der Waals surface area contributed by atoms with E-state index >= 15 is 0 Å². The van der Waals surface area contributed by atoms with E-state index in [4.69, 9.17) is 9.05 Å². The fourth-order valence-electron chi connectivity index (χ4n) is 1.21. The third-order valence-electron chi connectivity index (χ3n) is 2.04. The molecular weight excluding hydrogens is 287 g/mol. The summed E-state index contributed by atoms with van der Waals surface area (Å²) in [5, 5.41) is 0. The Morgan fingerprint density at radius 3 is 1.39 bits per heavy atom. The standard InChI is InChI=1S/C12H11O3PS2/c13-16(14-9-1-5-11(17)6-2-9)15-10-3-7-12(18)8-4-10/h1-8,13,17-18H. The molecule has 1 N–H and O–H groups in total. The number of benzene rings is 2. The third-order valence-corrected chi connectivity index (χ3v) is 3.37. The van der Waals surface area contributed by atoms with Gasteiger partial charge in [0.25, 0.3) is 0 Å². The second-order valence-electron chi connectivity index (χ2n) is 3.41. The lowest BCUT2D eigenvalue weighted by atomic mass is 10.3. The molecule has 0 aliphatic carbocycles. The van der Waals surface area contributed by atoms with Crippen molar-refractivity contribution in [3.8, 4) is 11.5 Å². The summed E-state index contributed by atoms with van der Waals surface area (Å²) in [6.07, 6.45) is 0. The van der Waals surface area contributed by atoms with Gasteiger partial charge in [-0.3, -0.25) is 0 Å². The molecule has 2 rings (SSSR count). The molecule has 0 saturated carbocycles. The second kappa shape index (κ2) is 6.34. The molecule has 2 aromatic rings. The minimum absolute atomic E-state index is 0.534. The third kappa shape index (κ3) is 4.10. The predicted octanol–water partition coefficient (Wildman–Crippen LogP) is 3.94. The average Bonchev–Trinajstić information content (AvgIpc) is 2.35. The first-order valence-corrected chi connectivity index (χ1v) is 7.09. The van der Waals surface area contributed by atoms with Crippen LogP contribution in [0.3, 0.4) is 0 Å². The molecule has 0 aromatic heterocycles. The highest BCUT2D eigenvalue weighted by Crippen LogP contribution is 2.36. The van der Waals surface area contributed by atoms with Gasteiger partial charge in [0.05, 0.1) is 0 Å². The van der Waals surface area contributed by atoms with Crippen molar-refractivity contribution in [1.29, 1.82) is 0 Å². The smallest absolute Gasteiger partial charge is 0.418 e. The van der Waals surface area contributed by atoms with Gasteiger partial charge in [-0.25, -0.2) is 0 Å². The van der Waals surface area contributed by atoms with E-state index in [2.05, 4.69) is 25.3 Å². The summed E-state index contributed by atoms with van der Waals surface area (Å²) >= 11 is 8.32. The van der Waals surface area contributed by atoms with Gasteiger partial charge in [0.15, 0.2) is 0 Å². The first-order chi connectivity index (χ1) is 8.63. The van der Waals surface area contributed by atoms with Crippen molar-refractivity contribution < 1.29 is 13.9 Å². The van der Waals surface area contributed by atoms with Crippen LogP contribution in [-0.2, 0) is 0 Å². The number of thiol groups is 2. The lowest BCUT2D eigenvalue weighted by molar-refractivity contribution is 0.381. The number of rotatable bonds is 4. The van der Waals surface area contributed by atoms with Crippen LogP contribution in [-0.4, -0.2) is 4.89 Å². The summed E-state index contributed by atoms with van der Waals surface area (Å²) in [6, 6.07) is 14.0. The topological polar surface area (TPSA) is 38.7 Å². The summed E-state index contributed by atoms with van der Waals surface area (Å²) < 4.78 is 10.5. The Morgan fingerprint density at radius 1 is 0.722 bits per heavy atom. The zero-order valence-electron chi connectivity index (χ0n) is 9.22. The van der Waals surface area contributed by atoms with E-state index in [0.717, 1.165) is 9.79 Å². The Labute approximate surface area is 118 Å². The quantitative estimate of drug-likeness (QED) is 0.591. The average molecular weight is 298 g/mol. The van der Waals surface area contributed by atoms with Gasteiger partial charge in [0, 0.05) is 9.79 Å². The van der Waals surface area contributed by atoms with E-state index in [0.29, 0.717) is 11.5 Å². The van der Waals surface area contributed by atoms with Crippen molar-refractivity contribution in [3.05, 3.63) is 48.5 Å². The molecule has 3 nitrogen and oxygen atoms in total. The lowest BCUT2D eigenvalue weighted by Crippen LogP contribution is -1.94. The zero-order chi connectivity index (χ0) is 13.0. The van der Waals surface area contributed by atoms with E-state index in [1.165, 1.54) is 0 Å². The summed E-state index contributed by atoms with van der Waals surface area (Å²) in [5.41, 5.74) is 0. The molecule has 0 fully saturated rings. The van der Waals surface area contributed by atoms with Crippen LogP contribution >= 0.6 is 33.9 Å². The molecule has 0 amide bonds. The molecule has 0 unspecified atom stereocenters. The van der Waals surface area contributed by atoms with Crippen molar-refractivity contribution in [2.24, 2.45) is 0 Å². The van der Waals surface area contributed by atoms with Crippen LogP contribution in [0.1, 0.15) is 0 Å². The van der Waals surface area contributed by atoms with Gasteiger partial charge in [-0.1, -0.05) is 0 Å². The fourth-order valence-corrected chi connectivity index (χ4v) is 2.15. The normalized spacial score (nSPS) is 10.4. The summed E-state index contributed by atoms with van der Waals surface area (Å²) in [6.45, 7) is 0. The molecule has 18 heavy (non-hydrogen) atoms. The van der Waals surface area contributed by atoms with Crippen molar-refractivity contribution in [2.45, 2.75) is 9.79 Å². The molecule has 0 radical (unpaired) electrons. The molecule has 94 valence electrons. The van der Waals surface area contributed by atoms with E-state index < -0.39 is 8.60 Å². The predicted molar refractivity (Wildman–Crippen MR) is 77.8 cm³/mol. The van der Waals surface area contributed by atoms with Crippen LogP contribution in [0.4, 0.5) is 0 Å². The molecule has 0 aliphatic heterocycles. The molecule has 0 heterocycles. The molecule has 6 heteroatoms. The molecule has 0 aliphatic rings. The Hall–Kier alpha value is -0.870. The zero-order valence-corrected chi connectivity index (χ0v) is 11.9. The highest BCUT2D eigenvalue weighted by molar-refractivity contribution is 7.80. The van der Waals surface area contributed by atoms with Crippen LogP contribution in [0.25, 0.3) is 0 Å². The highest BCUT2D eigenvalue weighted by Gasteiger charge is 2.11. The largest absolute Gasteiger partial charge is 0.460 e. The summed E-state index contributed by atoms with van der Waals surface area (Å²) in [7, 11) is -2.00. The minimum atomic E-state index is -2.00. The summed E-state index contributed by atoms with van der Waals surface area (Å²) in [5.74, 6) is 1.07. The van der Waals surface area contributed by atoms with Crippen molar-refractivity contribution in [2.75, 3.05) is 0 Å². The van der Waals surface area contributed by atoms with Crippen LogP contribution in [0, 0.1) is 0 Å². The maximum absolute atomic E-state index is 9.68. The Bertz CT molecular complexity index is 454. The van der Waals surface area contributed by atoms with Gasteiger partial charge in [-0.15, -0.1) is 25.3 Å². The van der Waals surface area contributed by atoms with Crippen molar-refractivity contribution >= 4 is 33.9 Å². The van der Waals surface area contributed by atoms with Gasteiger partial charge < -0.3 is 13.9 Å². The molecule has 0 saturated heterocycles. The van der Waals surface area contributed by atoms with Crippen LogP contribution < -0.4 is 9.05 Å². The van der Waals surface area contributed by atoms with E-state index in [1.54, 1.807) is 48.5 Å². The van der Waals surface area contributed by atoms with Crippen LogP contribution in [0.5, 0.6) is 11.5 Å². The maximum Gasteiger partial charge on any atom is 0.460 e. The van der Waals surface area contributed by atoms with E-state index in [-0.39, 0.29) is 0 Å². The molecular formula is C12H11O3PS2. The van der Waals surface area contributed by atoms with Gasteiger partial charge in [-0.2, -0.15) is 0 Å². The first-order valence-electron chi connectivity index (χ1n) is 5.06. The van der Waals surface area contributed by atoms with Crippen molar-refractivity contribution in [1.82, 2.24) is 0 Å². The molecule has 0 spiro atoms. The van der Waals surface area contributed by atoms with Gasteiger partial charge in [0.1, 0.15) is 11.5 Å². The Kier molecular flexibility index (Phi) is 4.78. The molecule has 0 bridgehead atoms. The van der Waals surface area contributed by atoms with Crippen LogP contribution in [0.2, 0.25) is 0 Å². The van der Waals surface area contributed by atoms with E-state index in [1.807, 2.05) is 0 Å². The lowest BCUT2D eigenvalue weighted by Gasteiger charge is -2.12. The summed E-state index contributed by atoms with van der Waals surface area (Å²) in [4.78, 5) is 11.3. The van der Waals surface area contributed by atoms with E-state index in [9.17, 15) is 4.89 Å². The maximum atomic E-state index is 9.68. The minimum Gasteiger partial charge on any atom is -0.418 e. The van der Waals surface area contributed by atoms with Gasteiger partial charge in [0.2, 0.25) is 0 Å². The van der Waals surface area contributed by atoms with Crippen LogP contribution in [0.15, 0.2) is 58.3 Å². The Morgan fingerprint density at radius 2 is 1.06 bits per heavy atom. The SMILES string of the molecule is OP(Oc1ccc(S)cc1)Oc1ccc(S)cc1. The molecule has 0 atom stereocenters. The molecule has 2 aromatic carbocycles. The van der Waals surface area contributed by atoms with Gasteiger partial charge in [-0.05, 0) is 48.5 Å². The second-order valence-corrected chi connectivity index (χ2v) is 5.28. The number of hydrogen-bond donors (Lipinski definition) is 3. The monoisotopic (exact) mass is 298 g/mol.